The SMILES string of the molecule is COCCCCCNC(=O)c1cnc(C)cc1Cl. The molecule has 0 bridgehead atoms. The molecule has 0 aliphatic rings. The van der Waals surface area contributed by atoms with Crippen molar-refractivity contribution in [3.63, 3.8) is 0 Å². The highest BCUT2D eigenvalue weighted by Crippen LogP contribution is 2.15. The summed E-state index contributed by atoms with van der Waals surface area (Å²) in [5, 5.41) is 3.28. The minimum atomic E-state index is -0.167. The second-order valence-corrected chi connectivity index (χ2v) is 4.52. The van der Waals surface area contributed by atoms with Gasteiger partial charge in [-0.05, 0) is 32.3 Å². The Labute approximate surface area is 113 Å². The highest BCUT2D eigenvalue weighted by molar-refractivity contribution is 6.33. The van der Waals surface area contributed by atoms with Gasteiger partial charge in [-0.15, -0.1) is 0 Å². The molecule has 1 aromatic heterocycles. The number of pyridine rings is 1. The van der Waals surface area contributed by atoms with Gasteiger partial charge >= 0.3 is 0 Å². The number of aryl methyl sites for hydroxylation is 1. The molecule has 1 N–H and O–H groups in total. The topological polar surface area (TPSA) is 51.2 Å². The Bertz CT molecular complexity index is 397. The van der Waals surface area contributed by atoms with Crippen LogP contribution in [0.15, 0.2) is 12.3 Å². The minimum absolute atomic E-state index is 0.167. The van der Waals surface area contributed by atoms with Gasteiger partial charge in [0.15, 0.2) is 0 Å². The van der Waals surface area contributed by atoms with Gasteiger partial charge in [-0.25, -0.2) is 0 Å². The molecule has 100 valence electrons. The van der Waals surface area contributed by atoms with E-state index >= 15 is 0 Å². The first kappa shape index (κ1) is 14.9. The molecular formula is C13H19ClN2O2. The van der Waals surface area contributed by atoms with Crippen molar-refractivity contribution in [3.8, 4) is 0 Å². The average molecular weight is 271 g/mol. The fourth-order valence-corrected chi connectivity index (χ4v) is 1.83. The fraction of sp³-hybridized carbons (Fsp3) is 0.538. The van der Waals surface area contributed by atoms with Crippen LogP contribution in [0.5, 0.6) is 0 Å². The van der Waals surface area contributed by atoms with Gasteiger partial charge in [0.1, 0.15) is 0 Å². The largest absolute Gasteiger partial charge is 0.385 e. The summed E-state index contributed by atoms with van der Waals surface area (Å²) < 4.78 is 4.95. The van der Waals surface area contributed by atoms with E-state index in [0.29, 0.717) is 17.1 Å². The minimum Gasteiger partial charge on any atom is -0.385 e. The molecule has 0 aliphatic carbocycles. The van der Waals surface area contributed by atoms with Crippen molar-refractivity contribution in [2.75, 3.05) is 20.3 Å². The molecule has 1 rings (SSSR count). The number of nitrogens with zero attached hydrogens (tertiary/aromatic N) is 1. The summed E-state index contributed by atoms with van der Waals surface area (Å²) in [7, 11) is 1.69. The van der Waals surface area contributed by atoms with Crippen LogP contribution in [0.1, 0.15) is 35.3 Å². The molecule has 1 aromatic rings. The quantitative estimate of drug-likeness (QED) is 0.775. The summed E-state index contributed by atoms with van der Waals surface area (Å²) in [6.45, 7) is 3.25. The number of hydrogen-bond acceptors (Lipinski definition) is 3. The number of halogens is 1. The molecule has 0 aromatic carbocycles. The Balaban J connectivity index is 2.32. The van der Waals surface area contributed by atoms with Crippen molar-refractivity contribution in [1.82, 2.24) is 10.3 Å². The van der Waals surface area contributed by atoms with Crippen LogP contribution in [-0.4, -0.2) is 31.2 Å². The van der Waals surface area contributed by atoms with Crippen molar-refractivity contribution in [1.29, 1.82) is 0 Å². The van der Waals surface area contributed by atoms with E-state index in [1.54, 1.807) is 13.2 Å². The van der Waals surface area contributed by atoms with E-state index in [9.17, 15) is 4.79 Å². The lowest BCUT2D eigenvalue weighted by Gasteiger charge is -2.06. The van der Waals surface area contributed by atoms with Crippen LogP contribution in [-0.2, 0) is 4.74 Å². The Hall–Kier alpha value is -1.13. The number of carbonyl (C=O) groups is 1. The summed E-state index contributed by atoms with van der Waals surface area (Å²) in [6, 6.07) is 1.69. The van der Waals surface area contributed by atoms with Crippen molar-refractivity contribution in [2.24, 2.45) is 0 Å². The van der Waals surface area contributed by atoms with E-state index in [-0.39, 0.29) is 5.91 Å². The number of carbonyl (C=O) groups excluding carboxylic acids is 1. The summed E-state index contributed by atoms with van der Waals surface area (Å²) in [5.74, 6) is -0.167. The van der Waals surface area contributed by atoms with E-state index in [0.717, 1.165) is 31.6 Å². The van der Waals surface area contributed by atoms with Crippen molar-refractivity contribution < 1.29 is 9.53 Å². The van der Waals surface area contributed by atoms with Crippen molar-refractivity contribution in [2.45, 2.75) is 26.2 Å². The normalized spacial score (nSPS) is 10.4. The smallest absolute Gasteiger partial charge is 0.254 e. The van der Waals surface area contributed by atoms with Crippen LogP contribution >= 0.6 is 11.6 Å². The maximum absolute atomic E-state index is 11.8. The van der Waals surface area contributed by atoms with Crippen molar-refractivity contribution in [3.05, 3.63) is 28.5 Å². The first-order valence-electron chi connectivity index (χ1n) is 6.04. The summed E-state index contributed by atoms with van der Waals surface area (Å²) >= 11 is 5.99. The molecule has 0 radical (unpaired) electrons. The number of unbranched alkanes of at least 4 members (excludes halogenated alkanes) is 2. The molecule has 4 nitrogen and oxygen atoms in total. The lowest BCUT2D eigenvalue weighted by Crippen LogP contribution is -2.25. The van der Waals surface area contributed by atoms with E-state index in [2.05, 4.69) is 10.3 Å². The molecule has 1 amide bonds. The average Bonchev–Trinajstić information content (AvgIpc) is 2.33. The van der Waals surface area contributed by atoms with Crippen LogP contribution in [0.2, 0.25) is 5.02 Å². The van der Waals surface area contributed by atoms with Crippen molar-refractivity contribution >= 4 is 17.5 Å². The van der Waals surface area contributed by atoms with Crippen LogP contribution in [0.25, 0.3) is 0 Å². The first-order valence-corrected chi connectivity index (χ1v) is 6.42. The summed E-state index contributed by atoms with van der Waals surface area (Å²) in [6.07, 6.45) is 4.50. The Kier molecular flexibility index (Phi) is 6.68. The zero-order valence-electron chi connectivity index (χ0n) is 10.8. The van der Waals surface area contributed by atoms with Crippen LogP contribution < -0.4 is 5.32 Å². The Morgan fingerprint density at radius 1 is 1.44 bits per heavy atom. The lowest BCUT2D eigenvalue weighted by atomic mass is 10.2. The molecule has 0 saturated carbocycles. The van der Waals surface area contributed by atoms with Gasteiger partial charge < -0.3 is 10.1 Å². The van der Waals surface area contributed by atoms with Gasteiger partial charge in [0.05, 0.1) is 10.6 Å². The third-order valence-electron chi connectivity index (χ3n) is 2.55. The third kappa shape index (κ3) is 5.02. The number of hydrogen-bond donors (Lipinski definition) is 1. The van der Waals surface area contributed by atoms with E-state index in [4.69, 9.17) is 16.3 Å². The zero-order chi connectivity index (χ0) is 13.4. The monoisotopic (exact) mass is 270 g/mol. The molecule has 1 heterocycles. The van der Waals surface area contributed by atoms with Gasteiger partial charge in [0.25, 0.3) is 5.91 Å². The van der Waals surface area contributed by atoms with E-state index in [1.165, 1.54) is 6.20 Å². The highest BCUT2D eigenvalue weighted by atomic mass is 35.5. The van der Waals surface area contributed by atoms with Gasteiger partial charge in [0.2, 0.25) is 0 Å². The van der Waals surface area contributed by atoms with Crippen LogP contribution in [0.3, 0.4) is 0 Å². The number of ether oxygens (including phenoxy) is 1. The van der Waals surface area contributed by atoms with Gasteiger partial charge in [-0.1, -0.05) is 11.6 Å². The zero-order valence-corrected chi connectivity index (χ0v) is 11.6. The second-order valence-electron chi connectivity index (χ2n) is 4.11. The van der Waals surface area contributed by atoms with E-state index in [1.807, 2.05) is 6.92 Å². The summed E-state index contributed by atoms with van der Waals surface area (Å²) in [4.78, 5) is 15.9. The standard InChI is InChI=1S/C13H19ClN2O2/c1-10-8-12(14)11(9-16-10)13(17)15-6-4-3-5-7-18-2/h8-9H,3-7H2,1-2H3,(H,15,17). The van der Waals surface area contributed by atoms with Gasteiger partial charge in [-0.3, -0.25) is 9.78 Å². The summed E-state index contributed by atoms with van der Waals surface area (Å²) in [5.41, 5.74) is 1.23. The highest BCUT2D eigenvalue weighted by Gasteiger charge is 2.10. The second kappa shape index (κ2) is 8.06. The molecule has 5 heteroatoms. The predicted molar refractivity (Wildman–Crippen MR) is 72.0 cm³/mol. The fourth-order valence-electron chi connectivity index (χ4n) is 1.54. The lowest BCUT2D eigenvalue weighted by molar-refractivity contribution is 0.0952. The molecule has 0 fully saturated rings. The molecular weight excluding hydrogens is 252 g/mol. The maximum atomic E-state index is 11.8. The molecule has 0 aliphatic heterocycles. The number of aromatic nitrogens is 1. The number of amides is 1. The van der Waals surface area contributed by atoms with Gasteiger partial charge in [-0.2, -0.15) is 0 Å². The molecule has 0 unspecified atom stereocenters. The van der Waals surface area contributed by atoms with Crippen LogP contribution in [0.4, 0.5) is 0 Å². The number of nitrogens with one attached hydrogen (secondary N) is 1. The van der Waals surface area contributed by atoms with Gasteiger partial charge in [0, 0.05) is 32.2 Å². The molecule has 0 atom stereocenters. The Morgan fingerprint density at radius 3 is 2.89 bits per heavy atom. The number of rotatable bonds is 7. The van der Waals surface area contributed by atoms with Crippen LogP contribution in [0, 0.1) is 6.92 Å². The molecule has 0 saturated heterocycles. The van der Waals surface area contributed by atoms with E-state index < -0.39 is 0 Å². The third-order valence-corrected chi connectivity index (χ3v) is 2.86. The molecule has 18 heavy (non-hydrogen) atoms. The molecule has 0 spiro atoms. The first-order chi connectivity index (χ1) is 8.65. The predicted octanol–water partition coefficient (Wildman–Crippen LogP) is 2.59. The Morgan fingerprint density at radius 2 is 2.22 bits per heavy atom. The number of methoxy groups -OCH3 is 1. The maximum Gasteiger partial charge on any atom is 0.254 e.